The van der Waals surface area contributed by atoms with Crippen molar-refractivity contribution >= 4 is 0 Å². The van der Waals surface area contributed by atoms with Crippen LogP contribution < -0.4 is 0 Å². The highest BCUT2D eigenvalue weighted by Gasteiger charge is 1.98. The molecule has 0 aromatic heterocycles. The van der Waals surface area contributed by atoms with Gasteiger partial charge in [0.05, 0.1) is 0 Å². The Hall–Kier alpha value is -0.980. The number of aryl methyl sites for hydroxylation is 2. The lowest BCUT2D eigenvalue weighted by atomic mass is 10.0. The molecule has 0 aliphatic heterocycles. The van der Waals surface area contributed by atoms with Crippen LogP contribution in [0.4, 0.5) is 0 Å². The second-order valence-electron chi connectivity index (χ2n) is 5.75. The molecule has 0 radical (unpaired) electrons. The maximum absolute atomic E-state index is 9.24. The van der Waals surface area contributed by atoms with E-state index in [-0.39, 0.29) is 0 Å². The van der Waals surface area contributed by atoms with Crippen molar-refractivity contribution in [2.75, 3.05) is 0 Å². The van der Waals surface area contributed by atoms with Gasteiger partial charge in [-0.05, 0) is 48.9 Å². The third-order valence-corrected chi connectivity index (χ3v) is 3.27. The fourth-order valence-electron chi connectivity index (χ4n) is 1.91. The van der Waals surface area contributed by atoms with Crippen molar-refractivity contribution in [1.29, 1.82) is 0 Å². The minimum Gasteiger partial charge on any atom is -0.508 e. The molecule has 0 heterocycles. The minimum absolute atomic E-state index is 0.381. The summed E-state index contributed by atoms with van der Waals surface area (Å²) < 4.78 is 0. The van der Waals surface area contributed by atoms with Gasteiger partial charge < -0.3 is 5.11 Å². The number of hydrogen-bond acceptors (Lipinski definition) is 1. The number of benzene rings is 1. The van der Waals surface area contributed by atoms with Gasteiger partial charge in [0.25, 0.3) is 0 Å². The van der Waals surface area contributed by atoms with Crippen molar-refractivity contribution in [1.82, 2.24) is 0 Å². The van der Waals surface area contributed by atoms with Crippen LogP contribution in [0, 0.1) is 12.8 Å². The van der Waals surface area contributed by atoms with Crippen LogP contribution in [0.5, 0.6) is 5.75 Å². The molecule has 1 N–H and O–H groups in total. The molecule has 19 heavy (non-hydrogen) atoms. The van der Waals surface area contributed by atoms with E-state index in [1.54, 1.807) is 6.07 Å². The van der Waals surface area contributed by atoms with Gasteiger partial charge in [-0.25, -0.2) is 0 Å². The van der Waals surface area contributed by atoms with Gasteiger partial charge in [-0.1, -0.05) is 59.4 Å². The topological polar surface area (TPSA) is 20.2 Å². The zero-order chi connectivity index (χ0) is 14.7. The molecule has 1 aromatic rings. The third kappa shape index (κ3) is 9.58. The minimum atomic E-state index is 0.381. The summed E-state index contributed by atoms with van der Waals surface area (Å²) in [6.07, 6.45) is 7.63. The summed E-state index contributed by atoms with van der Waals surface area (Å²) >= 11 is 0. The van der Waals surface area contributed by atoms with E-state index in [4.69, 9.17) is 0 Å². The van der Waals surface area contributed by atoms with Crippen molar-refractivity contribution < 1.29 is 5.11 Å². The molecule has 110 valence electrons. The lowest BCUT2D eigenvalue weighted by molar-refractivity contribution is 0.474. The van der Waals surface area contributed by atoms with Crippen LogP contribution in [0.1, 0.15) is 70.9 Å². The molecule has 0 bridgehead atoms. The maximum atomic E-state index is 9.24. The second-order valence-corrected chi connectivity index (χ2v) is 5.75. The molecule has 0 aliphatic rings. The number of hydrogen-bond donors (Lipinski definition) is 1. The molecule has 1 aromatic carbocycles. The molecule has 1 rings (SSSR count). The number of aromatic hydroxyl groups is 1. The highest BCUT2D eigenvalue weighted by molar-refractivity contribution is 5.33. The fourth-order valence-corrected chi connectivity index (χ4v) is 1.91. The maximum Gasteiger partial charge on any atom is 0.115 e. The normalized spacial score (nSPS) is 10.2. The van der Waals surface area contributed by atoms with Crippen molar-refractivity contribution in [3.05, 3.63) is 29.3 Å². The Bertz CT molecular complexity index is 328. The Morgan fingerprint density at radius 1 is 1.05 bits per heavy atom. The molecule has 0 aliphatic carbocycles. The molecule has 0 unspecified atom stereocenters. The number of phenolic OH excluding ortho intramolecular Hbond substituents is 1. The predicted molar refractivity (Wildman–Crippen MR) is 85.8 cm³/mol. The van der Waals surface area contributed by atoms with Crippen LogP contribution in [0.25, 0.3) is 0 Å². The van der Waals surface area contributed by atoms with Gasteiger partial charge in [0.1, 0.15) is 5.75 Å². The summed E-state index contributed by atoms with van der Waals surface area (Å²) in [5, 5.41) is 9.24. The van der Waals surface area contributed by atoms with Crippen molar-refractivity contribution in [2.45, 2.75) is 73.1 Å². The quantitative estimate of drug-likeness (QED) is 0.680. The Morgan fingerprint density at radius 3 is 2.16 bits per heavy atom. The van der Waals surface area contributed by atoms with Gasteiger partial charge in [0.15, 0.2) is 0 Å². The first-order valence-electron chi connectivity index (χ1n) is 7.79. The zero-order valence-electron chi connectivity index (χ0n) is 13.5. The van der Waals surface area contributed by atoms with E-state index in [9.17, 15) is 5.11 Å². The first kappa shape index (κ1) is 18.0. The van der Waals surface area contributed by atoms with Crippen molar-refractivity contribution in [2.24, 2.45) is 5.92 Å². The smallest absolute Gasteiger partial charge is 0.115 e. The highest BCUT2D eigenvalue weighted by Crippen LogP contribution is 2.17. The molecule has 1 heteroatoms. The number of unbranched alkanes of at least 4 members (excludes halogenated alkanes) is 2. The monoisotopic (exact) mass is 264 g/mol. The number of rotatable bonds is 6. The van der Waals surface area contributed by atoms with Gasteiger partial charge in [-0.2, -0.15) is 0 Å². The Morgan fingerprint density at radius 2 is 1.68 bits per heavy atom. The summed E-state index contributed by atoms with van der Waals surface area (Å²) in [6.45, 7) is 11.1. The molecule has 0 saturated heterocycles. The lowest BCUT2D eigenvalue weighted by Gasteiger charge is -2.04. The van der Waals surface area contributed by atoms with Gasteiger partial charge in [0, 0.05) is 0 Å². The number of phenols is 1. The van der Waals surface area contributed by atoms with Gasteiger partial charge in [0.2, 0.25) is 0 Å². The van der Waals surface area contributed by atoms with Crippen LogP contribution in [-0.2, 0) is 6.42 Å². The van der Waals surface area contributed by atoms with E-state index >= 15 is 0 Å². The predicted octanol–water partition coefficient (Wildman–Crippen LogP) is 5.88. The van der Waals surface area contributed by atoms with Crippen LogP contribution in [0.3, 0.4) is 0 Å². The summed E-state index contributed by atoms with van der Waals surface area (Å²) in [5.74, 6) is 1.28. The summed E-state index contributed by atoms with van der Waals surface area (Å²) in [6, 6.07) is 5.58. The molecule has 0 atom stereocenters. The fraction of sp³-hybridized carbons (Fsp3) is 0.667. The van der Waals surface area contributed by atoms with Crippen LogP contribution in [0.15, 0.2) is 18.2 Å². The largest absolute Gasteiger partial charge is 0.508 e. The SMILES string of the molecule is CCCCC(C)C.CCCCc1cc(O)ccc1C. The Labute approximate surface area is 120 Å². The van der Waals surface area contributed by atoms with Gasteiger partial charge >= 0.3 is 0 Å². The first-order chi connectivity index (χ1) is 9.01. The van der Waals surface area contributed by atoms with Gasteiger partial charge in [-0.3, -0.25) is 0 Å². The molecular formula is C18H32O. The standard InChI is InChI=1S/C11H16O.C7H16/c1-3-4-5-10-8-11(12)7-6-9(10)2;1-4-5-6-7(2)3/h6-8,12H,3-5H2,1-2H3;7H,4-6H2,1-3H3. The molecular weight excluding hydrogens is 232 g/mol. The van der Waals surface area contributed by atoms with Crippen LogP contribution >= 0.6 is 0 Å². The Kier molecular flexibility index (Phi) is 10.3. The van der Waals surface area contributed by atoms with E-state index in [0.717, 1.165) is 12.3 Å². The van der Waals surface area contributed by atoms with Crippen molar-refractivity contribution in [3.63, 3.8) is 0 Å². The van der Waals surface area contributed by atoms with E-state index in [1.165, 1.54) is 43.2 Å². The first-order valence-corrected chi connectivity index (χ1v) is 7.79. The summed E-state index contributed by atoms with van der Waals surface area (Å²) in [4.78, 5) is 0. The zero-order valence-corrected chi connectivity index (χ0v) is 13.5. The average Bonchev–Trinajstić information content (AvgIpc) is 2.38. The third-order valence-electron chi connectivity index (χ3n) is 3.27. The van der Waals surface area contributed by atoms with E-state index in [0.29, 0.717) is 5.75 Å². The average molecular weight is 264 g/mol. The van der Waals surface area contributed by atoms with E-state index in [1.807, 2.05) is 12.1 Å². The molecule has 1 nitrogen and oxygen atoms in total. The molecule has 0 saturated carbocycles. The molecule has 0 amide bonds. The molecule has 0 fully saturated rings. The van der Waals surface area contributed by atoms with E-state index < -0.39 is 0 Å². The highest BCUT2D eigenvalue weighted by atomic mass is 16.3. The lowest BCUT2D eigenvalue weighted by Crippen LogP contribution is -1.88. The van der Waals surface area contributed by atoms with E-state index in [2.05, 4.69) is 34.6 Å². The van der Waals surface area contributed by atoms with Gasteiger partial charge in [-0.15, -0.1) is 0 Å². The molecule has 0 spiro atoms. The Balaban J connectivity index is 0.000000399. The van der Waals surface area contributed by atoms with Crippen molar-refractivity contribution in [3.8, 4) is 5.75 Å². The summed E-state index contributed by atoms with van der Waals surface area (Å²) in [5.41, 5.74) is 2.55. The summed E-state index contributed by atoms with van der Waals surface area (Å²) in [7, 11) is 0. The van der Waals surface area contributed by atoms with Crippen LogP contribution in [-0.4, -0.2) is 5.11 Å². The second kappa shape index (κ2) is 10.9. The van der Waals surface area contributed by atoms with Crippen LogP contribution in [0.2, 0.25) is 0 Å².